The molecule has 4 nitrogen and oxygen atoms in total. The summed E-state index contributed by atoms with van der Waals surface area (Å²) in [6.45, 7) is 6.57. The third kappa shape index (κ3) is 3.96. The second kappa shape index (κ2) is 5.83. The predicted molar refractivity (Wildman–Crippen MR) is 67.0 cm³/mol. The fraction of sp³-hybridized carbons (Fsp3) is 0.923. The molecule has 0 aromatic rings. The molecule has 17 heavy (non-hydrogen) atoms. The van der Waals surface area contributed by atoms with Crippen molar-refractivity contribution in [3.63, 3.8) is 0 Å². The van der Waals surface area contributed by atoms with E-state index in [1.165, 1.54) is 25.9 Å². The van der Waals surface area contributed by atoms with Crippen LogP contribution in [0.3, 0.4) is 0 Å². The van der Waals surface area contributed by atoms with Crippen LogP contribution >= 0.6 is 0 Å². The molecule has 1 heterocycles. The summed E-state index contributed by atoms with van der Waals surface area (Å²) in [5.41, 5.74) is 0. The molecule has 1 saturated carbocycles. The van der Waals surface area contributed by atoms with Gasteiger partial charge in [0.15, 0.2) is 0 Å². The molecular weight excluding hydrogens is 216 g/mol. The van der Waals surface area contributed by atoms with E-state index >= 15 is 0 Å². The van der Waals surface area contributed by atoms with Crippen LogP contribution in [0.25, 0.3) is 0 Å². The van der Waals surface area contributed by atoms with E-state index in [-0.39, 0.29) is 6.04 Å². The number of carboxylic acid groups (broad SMARTS) is 1. The van der Waals surface area contributed by atoms with Crippen molar-refractivity contribution in [2.75, 3.05) is 26.2 Å². The van der Waals surface area contributed by atoms with Crippen LogP contribution in [0.5, 0.6) is 0 Å². The number of nitrogens with one attached hydrogen (secondary N) is 1. The zero-order valence-electron chi connectivity index (χ0n) is 10.7. The molecule has 0 aromatic carbocycles. The van der Waals surface area contributed by atoms with Gasteiger partial charge in [0.1, 0.15) is 6.04 Å². The summed E-state index contributed by atoms with van der Waals surface area (Å²) < 4.78 is 0. The molecule has 2 fully saturated rings. The molecular formula is C13H24N2O2. The Balaban J connectivity index is 1.66. The number of carboxylic acids is 1. The molecule has 98 valence electrons. The fourth-order valence-corrected chi connectivity index (χ4v) is 2.68. The summed E-state index contributed by atoms with van der Waals surface area (Å²) >= 11 is 0. The number of hydrogen-bond acceptors (Lipinski definition) is 3. The minimum atomic E-state index is -0.680. The molecule has 2 aliphatic rings. The molecule has 2 unspecified atom stereocenters. The van der Waals surface area contributed by atoms with Gasteiger partial charge in [-0.3, -0.25) is 4.79 Å². The van der Waals surface area contributed by atoms with Crippen LogP contribution < -0.4 is 5.32 Å². The van der Waals surface area contributed by atoms with Crippen molar-refractivity contribution in [1.29, 1.82) is 0 Å². The standard InChI is InChI=1S/C13H24N2O2/c1-10(9-15-6-2-3-7-15)8-14-12(13(16)17)11-4-5-11/h10-12,14H,2-9H2,1H3,(H,16,17). The molecule has 4 heteroatoms. The van der Waals surface area contributed by atoms with Crippen LogP contribution in [0.1, 0.15) is 32.6 Å². The van der Waals surface area contributed by atoms with Gasteiger partial charge in [0, 0.05) is 6.54 Å². The van der Waals surface area contributed by atoms with Crippen LogP contribution in [0.15, 0.2) is 0 Å². The SMILES string of the molecule is CC(CNC(C(=O)O)C1CC1)CN1CCCC1. The summed E-state index contributed by atoms with van der Waals surface area (Å²) in [5, 5.41) is 12.3. The quantitative estimate of drug-likeness (QED) is 0.701. The molecule has 2 N–H and O–H groups in total. The number of hydrogen-bond donors (Lipinski definition) is 2. The maximum absolute atomic E-state index is 11.1. The van der Waals surface area contributed by atoms with Crippen LogP contribution in [0, 0.1) is 11.8 Å². The smallest absolute Gasteiger partial charge is 0.320 e. The van der Waals surface area contributed by atoms with Crippen molar-refractivity contribution in [2.45, 2.75) is 38.6 Å². The number of aliphatic carboxylic acids is 1. The Morgan fingerprint density at radius 2 is 2.06 bits per heavy atom. The third-order valence-corrected chi connectivity index (χ3v) is 3.81. The zero-order chi connectivity index (χ0) is 12.3. The molecule has 2 atom stereocenters. The number of nitrogens with zero attached hydrogens (tertiary/aromatic N) is 1. The Morgan fingerprint density at radius 3 is 2.59 bits per heavy atom. The fourth-order valence-electron chi connectivity index (χ4n) is 2.68. The van der Waals surface area contributed by atoms with Crippen molar-refractivity contribution in [3.8, 4) is 0 Å². The maximum Gasteiger partial charge on any atom is 0.320 e. The highest BCUT2D eigenvalue weighted by Gasteiger charge is 2.35. The van der Waals surface area contributed by atoms with Gasteiger partial charge in [-0.2, -0.15) is 0 Å². The first-order valence-electron chi connectivity index (χ1n) is 6.85. The van der Waals surface area contributed by atoms with Crippen molar-refractivity contribution in [1.82, 2.24) is 10.2 Å². The summed E-state index contributed by atoms with van der Waals surface area (Å²) in [6.07, 6.45) is 4.79. The average Bonchev–Trinajstić information content (AvgIpc) is 2.96. The number of rotatable bonds is 7. The molecule has 2 rings (SSSR count). The van der Waals surface area contributed by atoms with E-state index in [0.717, 1.165) is 25.9 Å². The van der Waals surface area contributed by atoms with Crippen molar-refractivity contribution < 1.29 is 9.90 Å². The Morgan fingerprint density at radius 1 is 1.41 bits per heavy atom. The highest BCUT2D eigenvalue weighted by molar-refractivity contribution is 5.74. The van der Waals surface area contributed by atoms with Crippen molar-refractivity contribution in [2.24, 2.45) is 11.8 Å². The molecule has 0 amide bonds. The Bertz CT molecular complexity index is 260. The van der Waals surface area contributed by atoms with E-state index in [2.05, 4.69) is 17.1 Å². The van der Waals surface area contributed by atoms with E-state index < -0.39 is 5.97 Å². The molecule has 0 radical (unpaired) electrons. The van der Waals surface area contributed by atoms with Gasteiger partial charge in [0.05, 0.1) is 0 Å². The second-order valence-electron chi connectivity index (χ2n) is 5.67. The van der Waals surface area contributed by atoms with Gasteiger partial charge in [-0.1, -0.05) is 6.92 Å². The average molecular weight is 240 g/mol. The minimum Gasteiger partial charge on any atom is -0.480 e. The van der Waals surface area contributed by atoms with Gasteiger partial charge in [-0.25, -0.2) is 0 Å². The Labute approximate surface area is 103 Å². The molecule has 1 aliphatic carbocycles. The Hall–Kier alpha value is -0.610. The first-order chi connectivity index (χ1) is 8.16. The van der Waals surface area contributed by atoms with Crippen LogP contribution in [0.2, 0.25) is 0 Å². The first-order valence-corrected chi connectivity index (χ1v) is 6.85. The van der Waals surface area contributed by atoms with Gasteiger partial charge in [-0.15, -0.1) is 0 Å². The minimum absolute atomic E-state index is 0.309. The normalized spacial score (nSPS) is 24.8. The van der Waals surface area contributed by atoms with Gasteiger partial charge >= 0.3 is 5.97 Å². The predicted octanol–water partition coefficient (Wildman–Crippen LogP) is 1.17. The van der Waals surface area contributed by atoms with E-state index in [1.807, 2.05) is 0 Å². The van der Waals surface area contributed by atoms with Crippen molar-refractivity contribution in [3.05, 3.63) is 0 Å². The van der Waals surface area contributed by atoms with Gasteiger partial charge < -0.3 is 15.3 Å². The van der Waals surface area contributed by atoms with E-state index in [9.17, 15) is 4.79 Å². The zero-order valence-corrected chi connectivity index (χ0v) is 10.7. The topological polar surface area (TPSA) is 52.6 Å². The van der Waals surface area contributed by atoms with E-state index in [1.54, 1.807) is 0 Å². The van der Waals surface area contributed by atoms with E-state index in [4.69, 9.17) is 5.11 Å². The van der Waals surface area contributed by atoms with Gasteiger partial charge in [0.2, 0.25) is 0 Å². The highest BCUT2D eigenvalue weighted by Crippen LogP contribution is 2.32. The lowest BCUT2D eigenvalue weighted by Crippen LogP contribution is -2.42. The maximum atomic E-state index is 11.1. The monoisotopic (exact) mass is 240 g/mol. The summed E-state index contributed by atoms with van der Waals surface area (Å²) in [7, 11) is 0. The molecule has 0 bridgehead atoms. The summed E-state index contributed by atoms with van der Waals surface area (Å²) in [5.74, 6) is 0.237. The second-order valence-corrected chi connectivity index (χ2v) is 5.67. The molecule has 0 spiro atoms. The van der Waals surface area contributed by atoms with E-state index in [0.29, 0.717) is 11.8 Å². The lowest BCUT2D eigenvalue weighted by molar-refractivity contribution is -0.140. The lowest BCUT2D eigenvalue weighted by atomic mass is 10.1. The van der Waals surface area contributed by atoms with Crippen LogP contribution in [-0.2, 0) is 4.79 Å². The third-order valence-electron chi connectivity index (χ3n) is 3.81. The van der Waals surface area contributed by atoms with Gasteiger partial charge in [-0.05, 0) is 57.2 Å². The molecule has 1 saturated heterocycles. The lowest BCUT2D eigenvalue weighted by Gasteiger charge is -2.22. The molecule has 1 aliphatic heterocycles. The summed E-state index contributed by atoms with van der Waals surface area (Å²) in [4.78, 5) is 13.6. The Kier molecular flexibility index (Phi) is 4.40. The first kappa shape index (κ1) is 12.8. The van der Waals surface area contributed by atoms with Crippen LogP contribution in [-0.4, -0.2) is 48.2 Å². The molecule has 0 aromatic heterocycles. The van der Waals surface area contributed by atoms with Crippen LogP contribution in [0.4, 0.5) is 0 Å². The number of carbonyl (C=O) groups is 1. The van der Waals surface area contributed by atoms with Crippen molar-refractivity contribution >= 4 is 5.97 Å². The van der Waals surface area contributed by atoms with Gasteiger partial charge in [0.25, 0.3) is 0 Å². The highest BCUT2D eigenvalue weighted by atomic mass is 16.4. The summed E-state index contributed by atoms with van der Waals surface area (Å²) in [6, 6.07) is -0.309. The number of likely N-dealkylation sites (tertiary alicyclic amines) is 1. The largest absolute Gasteiger partial charge is 0.480 e.